The number of hydrogen-bond donors (Lipinski definition) is 1. The summed E-state index contributed by atoms with van der Waals surface area (Å²) in [5, 5.41) is 4.32. The van der Waals surface area contributed by atoms with Crippen LogP contribution in [0.3, 0.4) is 0 Å². The summed E-state index contributed by atoms with van der Waals surface area (Å²) >= 11 is 1.78. The second-order valence-corrected chi connectivity index (χ2v) is 10.2. The van der Waals surface area contributed by atoms with Crippen molar-refractivity contribution in [2.75, 3.05) is 37.6 Å². The van der Waals surface area contributed by atoms with E-state index in [4.69, 9.17) is 4.98 Å². The van der Waals surface area contributed by atoms with E-state index in [2.05, 4.69) is 47.2 Å². The molecule has 0 radical (unpaired) electrons. The van der Waals surface area contributed by atoms with Gasteiger partial charge in [0.2, 0.25) is 5.91 Å². The third kappa shape index (κ3) is 5.58. The van der Waals surface area contributed by atoms with Crippen molar-refractivity contribution in [1.82, 2.24) is 15.2 Å². The van der Waals surface area contributed by atoms with Gasteiger partial charge in [-0.3, -0.25) is 4.79 Å². The molecule has 4 rings (SSSR count). The Hall–Kier alpha value is -1.66. The first-order valence-electron chi connectivity index (χ1n) is 12.3. The smallest absolute Gasteiger partial charge is 0.223 e. The molecule has 3 heterocycles. The lowest BCUT2D eigenvalue weighted by Gasteiger charge is -2.35. The number of nitrogens with one attached hydrogen (secondary N) is 1. The second-order valence-electron chi connectivity index (χ2n) is 9.15. The van der Waals surface area contributed by atoms with Crippen LogP contribution in [0, 0.1) is 5.92 Å². The fourth-order valence-electron chi connectivity index (χ4n) is 5.10. The Morgan fingerprint density at radius 3 is 2.77 bits per heavy atom. The highest BCUT2D eigenvalue weighted by Gasteiger charge is 2.26. The normalized spacial score (nSPS) is 21.0. The van der Waals surface area contributed by atoms with Gasteiger partial charge in [0.25, 0.3) is 0 Å². The topological polar surface area (TPSA) is 48.5 Å². The van der Waals surface area contributed by atoms with Crippen LogP contribution in [-0.4, -0.2) is 54.6 Å². The molecule has 0 unspecified atom stereocenters. The molecule has 1 N–H and O–H groups in total. The van der Waals surface area contributed by atoms with Crippen molar-refractivity contribution in [2.45, 2.75) is 71.3 Å². The molecule has 2 aliphatic rings. The molecule has 5 nitrogen and oxygen atoms in total. The van der Waals surface area contributed by atoms with Crippen molar-refractivity contribution in [3.63, 3.8) is 0 Å². The van der Waals surface area contributed by atoms with E-state index in [1.54, 1.807) is 11.3 Å². The van der Waals surface area contributed by atoms with Gasteiger partial charge in [-0.25, -0.2) is 4.98 Å². The number of benzene rings is 1. The molecule has 2 fully saturated rings. The van der Waals surface area contributed by atoms with Gasteiger partial charge in [0.05, 0.1) is 10.2 Å². The highest BCUT2D eigenvalue weighted by molar-refractivity contribution is 7.22. The van der Waals surface area contributed by atoms with Gasteiger partial charge in [0.1, 0.15) is 0 Å². The summed E-state index contributed by atoms with van der Waals surface area (Å²) < 4.78 is 1.27. The maximum atomic E-state index is 12.7. The summed E-state index contributed by atoms with van der Waals surface area (Å²) in [7, 11) is 0. The first kappa shape index (κ1) is 22.5. The van der Waals surface area contributed by atoms with E-state index < -0.39 is 0 Å². The largest absolute Gasteiger partial charge is 0.356 e. The van der Waals surface area contributed by atoms with Crippen LogP contribution < -0.4 is 10.2 Å². The number of piperidine rings is 2. The number of hydrogen-bond acceptors (Lipinski definition) is 5. The van der Waals surface area contributed by atoms with Crippen LogP contribution >= 0.6 is 11.3 Å². The summed E-state index contributed by atoms with van der Waals surface area (Å²) in [6, 6.07) is 7.34. The molecule has 2 aliphatic heterocycles. The Kier molecular flexibility index (Phi) is 7.83. The van der Waals surface area contributed by atoms with Gasteiger partial charge in [0, 0.05) is 38.1 Å². The van der Waals surface area contributed by atoms with Crippen molar-refractivity contribution in [1.29, 1.82) is 0 Å². The predicted molar refractivity (Wildman–Crippen MR) is 131 cm³/mol. The molecular formula is C25H38N4OS. The molecule has 0 saturated carbocycles. The van der Waals surface area contributed by atoms with Crippen LogP contribution in [0.5, 0.6) is 0 Å². The zero-order chi connectivity index (χ0) is 21.6. The van der Waals surface area contributed by atoms with E-state index in [9.17, 15) is 4.79 Å². The molecule has 0 spiro atoms. The third-order valence-electron chi connectivity index (χ3n) is 7.13. The summed E-state index contributed by atoms with van der Waals surface area (Å²) in [6.45, 7) is 9.49. The highest BCUT2D eigenvalue weighted by Crippen LogP contribution is 2.32. The third-order valence-corrected chi connectivity index (χ3v) is 8.21. The molecule has 170 valence electrons. The van der Waals surface area contributed by atoms with Crippen molar-refractivity contribution < 1.29 is 4.79 Å². The minimum atomic E-state index is 0.149. The van der Waals surface area contributed by atoms with Gasteiger partial charge in [0.15, 0.2) is 5.13 Å². The average molecular weight is 443 g/mol. The molecule has 1 aromatic carbocycles. The summed E-state index contributed by atoms with van der Waals surface area (Å²) in [6.07, 6.45) is 9.26. The maximum Gasteiger partial charge on any atom is 0.223 e. The van der Waals surface area contributed by atoms with Crippen LogP contribution in [0.2, 0.25) is 0 Å². The van der Waals surface area contributed by atoms with Gasteiger partial charge in [-0.05, 0) is 69.2 Å². The molecule has 2 aromatic rings. The number of rotatable bonds is 8. The number of thiazole rings is 1. The van der Waals surface area contributed by atoms with Crippen LogP contribution in [0.1, 0.15) is 64.4 Å². The zero-order valence-electron chi connectivity index (χ0n) is 19.2. The van der Waals surface area contributed by atoms with Crippen LogP contribution in [0.15, 0.2) is 18.2 Å². The minimum absolute atomic E-state index is 0.149. The van der Waals surface area contributed by atoms with E-state index >= 15 is 0 Å². The zero-order valence-corrected chi connectivity index (χ0v) is 20.1. The Labute approximate surface area is 191 Å². The molecule has 1 amide bonds. The van der Waals surface area contributed by atoms with E-state index in [0.29, 0.717) is 0 Å². The summed E-state index contributed by atoms with van der Waals surface area (Å²) in [4.78, 5) is 22.5. The van der Waals surface area contributed by atoms with E-state index in [0.717, 1.165) is 68.6 Å². The standard InChI is InChI=1S/C25H38N4OS/c1-3-19-9-10-22-23(18-19)31-25(27-22)29-16-11-20(12-17-29)24(30)26-13-7-15-28-14-6-5-8-21(28)4-2/h9-10,18,20-21H,3-8,11-17H2,1-2H3,(H,26,30)/t21-/m1/s1. The van der Waals surface area contributed by atoms with Crippen LogP contribution in [0.4, 0.5) is 5.13 Å². The lowest BCUT2D eigenvalue weighted by molar-refractivity contribution is -0.125. The quantitative estimate of drug-likeness (QED) is 0.594. The van der Waals surface area contributed by atoms with Gasteiger partial charge in [-0.1, -0.05) is 37.7 Å². The maximum absolute atomic E-state index is 12.7. The molecule has 6 heteroatoms. The average Bonchev–Trinajstić information content (AvgIpc) is 3.25. The van der Waals surface area contributed by atoms with E-state index in [1.165, 1.54) is 42.5 Å². The second kappa shape index (κ2) is 10.8. The van der Waals surface area contributed by atoms with Crippen molar-refractivity contribution in [3.05, 3.63) is 23.8 Å². The van der Waals surface area contributed by atoms with E-state index in [-0.39, 0.29) is 11.8 Å². The van der Waals surface area contributed by atoms with Crippen LogP contribution in [-0.2, 0) is 11.2 Å². The Balaban J connectivity index is 1.20. The molecule has 31 heavy (non-hydrogen) atoms. The number of carbonyl (C=O) groups excluding carboxylic acids is 1. The number of carbonyl (C=O) groups is 1. The number of nitrogens with zero attached hydrogens (tertiary/aromatic N) is 3. The van der Waals surface area contributed by atoms with Gasteiger partial charge in [-0.2, -0.15) is 0 Å². The fourth-order valence-corrected chi connectivity index (χ4v) is 6.18. The van der Waals surface area contributed by atoms with E-state index in [1.807, 2.05) is 0 Å². The SMILES string of the molecule is CCc1ccc2nc(N3CCC(C(=O)NCCCN4CCCC[C@H]4CC)CC3)sc2c1. The number of anilines is 1. The Morgan fingerprint density at radius 2 is 2.00 bits per heavy atom. The molecule has 1 aromatic heterocycles. The lowest BCUT2D eigenvalue weighted by atomic mass is 9.96. The fraction of sp³-hybridized carbons (Fsp3) is 0.680. The van der Waals surface area contributed by atoms with Crippen molar-refractivity contribution in [2.24, 2.45) is 5.92 Å². The molecule has 2 saturated heterocycles. The summed E-state index contributed by atoms with van der Waals surface area (Å²) in [5.74, 6) is 0.401. The van der Waals surface area contributed by atoms with Gasteiger partial charge in [-0.15, -0.1) is 0 Å². The monoisotopic (exact) mass is 442 g/mol. The number of likely N-dealkylation sites (tertiary alicyclic amines) is 1. The first-order valence-corrected chi connectivity index (χ1v) is 13.2. The van der Waals surface area contributed by atoms with Crippen molar-refractivity contribution >= 4 is 32.6 Å². The Morgan fingerprint density at radius 1 is 1.16 bits per heavy atom. The number of fused-ring (bicyclic) bond motifs is 1. The van der Waals surface area contributed by atoms with Gasteiger partial charge < -0.3 is 15.1 Å². The van der Waals surface area contributed by atoms with Crippen LogP contribution in [0.25, 0.3) is 10.2 Å². The summed E-state index contributed by atoms with van der Waals surface area (Å²) in [5.41, 5.74) is 2.46. The highest BCUT2D eigenvalue weighted by atomic mass is 32.1. The van der Waals surface area contributed by atoms with Crippen molar-refractivity contribution in [3.8, 4) is 0 Å². The molecule has 0 aliphatic carbocycles. The number of aryl methyl sites for hydroxylation is 1. The molecule has 0 bridgehead atoms. The minimum Gasteiger partial charge on any atom is -0.356 e. The number of aromatic nitrogens is 1. The lowest BCUT2D eigenvalue weighted by Crippen LogP contribution is -2.42. The predicted octanol–water partition coefficient (Wildman–Crippen LogP) is 4.85. The number of amides is 1. The molecular weight excluding hydrogens is 404 g/mol. The Bertz CT molecular complexity index is 858. The van der Waals surface area contributed by atoms with Gasteiger partial charge >= 0.3 is 0 Å². The molecule has 1 atom stereocenters. The first-order chi connectivity index (χ1) is 15.2.